The molecule has 1 aliphatic heterocycles. The molecule has 1 aliphatic rings. The van der Waals surface area contributed by atoms with E-state index in [9.17, 15) is 4.79 Å². The highest BCUT2D eigenvalue weighted by atomic mass is 16.5. The van der Waals surface area contributed by atoms with Crippen LogP contribution in [-0.2, 0) is 9.53 Å². The molecule has 0 aromatic rings. The number of hydrogen-bond donors (Lipinski definition) is 0. The second-order valence-electron chi connectivity index (χ2n) is 4.49. The van der Waals surface area contributed by atoms with Crippen molar-refractivity contribution >= 4 is 5.97 Å². The molecule has 0 N–H and O–H groups in total. The molecule has 1 saturated heterocycles. The van der Waals surface area contributed by atoms with Gasteiger partial charge in [-0.15, -0.1) is 0 Å². The number of carbonyl (C=O) groups excluding carboxylic acids is 1. The van der Waals surface area contributed by atoms with Gasteiger partial charge in [-0.2, -0.15) is 0 Å². The standard InChI is InChI=1S/C11H21NO2/c1-9(2)8-12-6-4-10(5-7-12)11(13)14-3/h9-10H,4-8H2,1-3H3. The molecular formula is C11H21NO2. The second kappa shape index (κ2) is 5.35. The zero-order chi connectivity index (χ0) is 10.6. The van der Waals surface area contributed by atoms with E-state index < -0.39 is 0 Å². The van der Waals surface area contributed by atoms with Gasteiger partial charge in [-0.1, -0.05) is 13.8 Å². The lowest BCUT2D eigenvalue weighted by Gasteiger charge is -2.31. The van der Waals surface area contributed by atoms with Gasteiger partial charge in [0.05, 0.1) is 13.0 Å². The monoisotopic (exact) mass is 199 g/mol. The van der Waals surface area contributed by atoms with Crippen molar-refractivity contribution in [3.63, 3.8) is 0 Å². The van der Waals surface area contributed by atoms with Crippen LogP contribution in [0, 0.1) is 11.8 Å². The molecule has 1 heterocycles. The van der Waals surface area contributed by atoms with Crippen molar-refractivity contribution in [1.29, 1.82) is 0 Å². The Balaban J connectivity index is 2.27. The van der Waals surface area contributed by atoms with Crippen molar-refractivity contribution in [2.24, 2.45) is 11.8 Å². The van der Waals surface area contributed by atoms with Crippen molar-refractivity contribution in [2.75, 3.05) is 26.7 Å². The molecule has 0 amide bonds. The molecule has 0 aliphatic carbocycles. The van der Waals surface area contributed by atoms with Crippen LogP contribution in [0.4, 0.5) is 0 Å². The predicted octanol–water partition coefficient (Wildman–Crippen LogP) is 1.53. The van der Waals surface area contributed by atoms with Gasteiger partial charge in [-0.3, -0.25) is 4.79 Å². The Morgan fingerprint density at radius 3 is 2.43 bits per heavy atom. The Kier molecular flexibility index (Phi) is 4.39. The first-order chi connectivity index (χ1) is 6.63. The predicted molar refractivity (Wildman–Crippen MR) is 56.0 cm³/mol. The summed E-state index contributed by atoms with van der Waals surface area (Å²) in [6, 6.07) is 0. The van der Waals surface area contributed by atoms with Crippen LogP contribution >= 0.6 is 0 Å². The van der Waals surface area contributed by atoms with Crippen LogP contribution in [-0.4, -0.2) is 37.6 Å². The average Bonchev–Trinajstić information content (AvgIpc) is 2.17. The Morgan fingerprint density at radius 2 is 2.00 bits per heavy atom. The maximum atomic E-state index is 11.3. The lowest BCUT2D eigenvalue weighted by Crippen LogP contribution is -2.38. The van der Waals surface area contributed by atoms with E-state index >= 15 is 0 Å². The lowest BCUT2D eigenvalue weighted by molar-refractivity contribution is -0.147. The lowest BCUT2D eigenvalue weighted by atomic mass is 9.96. The third kappa shape index (κ3) is 3.29. The van der Waals surface area contributed by atoms with Crippen molar-refractivity contribution in [2.45, 2.75) is 26.7 Å². The summed E-state index contributed by atoms with van der Waals surface area (Å²) in [4.78, 5) is 13.7. The number of likely N-dealkylation sites (tertiary alicyclic amines) is 1. The molecule has 0 unspecified atom stereocenters. The summed E-state index contributed by atoms with van der Waals surface area (Å²) in [5.41, 5.74) is 0. The molecular weight excluding hydrogens is 178 g/mol. The highest BCUT2D eigenvalue weighted by Gasteiger charge is 2.25. The van der Waals surface area contributed by atoms with Crippen LogP contribution in [0.3, 0.4) is 0 Å². The number of methoxy groups -OCH3 is 1. The quantitative estimate of drug-likeness (QED) is 0.646. The molecule has 3 heteroatoms. The van der Waals surface area contributed by atoms with Gasteiger partial charge in [0.1, 0.15) is 0 Å². The van der Waals surface area contributed by atoms with E-state index in [2.05, 4.69) is 18.7 Å². The van der Waals surface area contributed by atoms with Gasteiger partial charge in [-0.05, 0) is 31.8 Å². The fourth-order valence-corrected chi connectivity index (χ4v) is 2.03. The minimum Gasteiger partial charge on any atom is -0.469 e. The van der Waals surface area contributed by atoms with E-state index in [1.807, 2.05) is 0 Å². The number of esters is 1. The Labute approximate surface area is 86.4 Å². The maximum Gasteiger partial charge on any atom is 0.308 e. The summed E-state index contributed by atoms with van der Waals surface area (Å²) in [7, 11) is 1.48. The summed E-state index contributed by atoms with van der Waals surface area (Å²) >= 11 is 0. The molecule has 0 aromatic heterocycles. The maximum absolute atomic E-state index is 11.3. The van der Waals surface area contributed by atoms with E-state index in [0.717, 1.165) is 32.5 Å². The Morgan fingerprint density at radius 1 is 1.43 bits per heavy atom. The van der Waals surface area contributed by atoms with E-state index in [1.165, 1.54) is 7.11 Å². The van der Waals surface area contributed by atoms with E-state index in [1.54, 1.807) is 0 Å². The number of ether oxygens (including phenoxy) is 1. The van der Waals surface area contributed by atoms with Gasteiger partial charge in [0, 0.05) is 6.54 Å². The van der Waals surface area contributed by atoms with Gasteiger partial charge >= 0.3 is 5.97 Å². The molecule has 0 bridgehead atoms. The third-order valence-electron chi connectivity index (χ3n) is 2.75. The van der Waals surface area contributed by atoms with Gasteiger partial charge in [0.25, 0.3) is 0 Å². The molecule has 0 spiro atoms. The first-order valence-electron chi connectivity index (χ1n) is 5.43. The third-order valence-corrected chi connectivity index (χ3v) is 2.75. The summed E-state index contributed by atoms with van der Waals surface area (Å²) in [6.07, 6.45) is 1.92. The smallest absolute Gasteiger partial charge is 0.308 e. The zero-order valence-corrected chi connectivity index (χ0v) is 9.45. The number of rotatable bonds is 3. The van der Waals surface area contributed by atoms with Crippen LogP contribution in [0.25, 0.3) is 0 Å². The van der Waals surface area contributed by atoms with Crippen molar-refractivity contribution < 1.29 is 9.53 Å². The summed E-state index contributed by atoms with van der Waals surface area (Å²) < 4.78 is 4.75. The summed E-state index contributed by atoms with van der Waals surface area (Å²) in [5.74, 6) is 0.822. The molecule has 0 atom stereocenters. The van der Waals surface area contributed by atoms with Gasteiger partial charge in [0.2, 0.25) is 0 Å². The second-order valence-corrected chi connectivity index (χ2v) is 4.49. The van der Waals surface area contributed by atoms with Crippen molar-refractivity contribution in [1.82, 2.24) is 4.90 Å². The van der Waals surface area contributed by atoms with Crippen molar-refractivity contribution in [3.05, 3.63) is 0 Å². The summed E-state index contributed by atoms with van der Waals surface area (Å²) in [5, 5.41) is 0. The highest BCUT2D eigenvalue weighted by molar-refractivity contribution is 5.72. The molecule has 3 nitrogen and oxygen atoms in total. The number of nitrogens with zero attached hydrogens (tertiary/aromatic N) is 1. The highest BCUT2D eigenvalue weighted by Crippen LogP contribution is 2.18. The normalized spacial score (nSPS) is 20.0. The number of hydrogen-bond acceptors (Lipinski definition) is 3. The van der Waals surface area contributed by atoms with Gasteiger partial charge < -0.3 is 9.64 Å². The molecule has 0 radical (unpaired) electrons. The number of carbonyl (C=O) groups is 1. The molecule has 1 fully saturated rings. The fraction of sp³-hybridized carbons (Fsp3) is 0.909. The minimum atomic E-state index is -0.0332. The first kappa shape index (κ1) is 11.5. The van der Waals surface area contributed by atoms with Gasteiger partial charge in [0.15, 0.2) is 0 Å². The molecule has 0 aromatic carbocycles. The van der Waals surface area contributed by atoms with E-state index in [4.69, 9.17) is 4.74 Å². The number of piperidine rings is 1. The average molecular weight is 199 g/mol. The molecule has 14 heavy (non-hydrogen) atoms. The fourth-order valence-electron chi connectivity index (χ4n) is 2.03. The molecule has 0 saturated carbocycles. The first-order valence-corrected chi connectivity index (χ1v) is 5.43. The van der Waals surface area contributed by atoms with Crippen molar-refractivity contribution in [3.8, 4) is 0 Å². The van der Waals surface area contributed by atoms with Gasteiger partial charge in [-0.25, -0.2) is 0 Å². The zero-order valence-electron chi connectivity index (χ0n) is 9.45. The SMILES string of the molecule is COC(=O)C1CCN(CC(C)C)CC1. The minimum absolute atomic E-state index is 0.0332. The molecule has 1 rings (SSSR count). The van der Waals surface area contributed by atoms with E-state index in [-0.39, 0.29) is 11.9 Å². The van der Waals surface area contributed by atoms with Crippen LogP contribution in [0.5, 0.6) is 0 Å². The van der Waals surface area contributed by atoms with Crippen LogP contribution in [0.15, 0.2) is 0 Å². The Bertz CT molecular complexity index is 184. The summed E-state index contributed by atoms with van der Waals surface area (Å²) in [6.45, 7) is 7.68. The van der Waals surface area contributed by atoms with Crippen LogP contribution < -0.4 is 0 Å². The van der Waals surface area contributed by atoms with Crippen LogP contribution in [0.2, 0.25) is 0 Å². The topological polar surface area (TPSA) is 29.5 Å². The van der Waals surface area contributed by atoms with E-state index in [0.29, 0.717) is 5.92 Å². The largest absolute Gasteiger partial charge is 0.469 e. The Hall–Kier alpha value is -0.570. The molecule has 82 valence electrons. The van der Waals surface area contributed by atoms with Crippen LogP contribution in [0.1, 0.15) is 26.7 Å².